The van der Waals surface area contributed by atoms with Crippen LogP contribution in [0.5, 0.6) is 5.75 Å². The Hall–Kier alpha value is -4.05. The van der Waals surface area contributed by atoms with E-state index in [1.807, 2.05) is 79.4 Å². The lowest BCUT2D eigenvalue weighted by Gasteiger charge is -2.26. The molecule has 2 aliphatic rings. The molecule has 4 aromatic rings. The SMILES string of the molecule is Cc1ccccc1C(=O)N1CCc2cc(-c3nc(NC(=O)Cc4cccc(OCCCN5CCNCC5)c4)sc3C)ccc21. The molecular weight excluding hydrogens is 570 g/mol. The molecule has 0 spiro atoms. The van der Waals surface area contributed by atoms with Crippen LogP contribution >= 0.6 is 11.3 Å². The summed E-state index contributed by atoms with van der Waals surface area (Å²) in [7, 11) is 0. The first-order valence-corrected chi connectivity index (χ1v) is 16.2. The van der Waals surface area contributed by atoms with Crippen molar-refractivity contribution < 1.29 is 14.3 Å². The van der Waals surface area contributed by atoms with Crippen molar-refractivity contribution in [3.8, 4) is 17.0 Å². The lowest BCUT2D eigenvalue weighted by Crippen LogP contribution is -2.43. The Bertz CT molecular complexity index is 1650. The third kappa shape index (κ3) is 7.01. The number of nitrogens with zero attached hydrogens (tertiary/aromatic N) is 3. The van der Waals surface area contributed by atoms with Crippen LogP contribution in [0, 0.1) is 13.8 Å². The molecule has 1 saturated heterocycles. The summed E-state index contributed by atoms with van der Waals surface area (Å²) >= 11 is 1.47. The molecule has 0 saturated carbocycles. The second-order valence-electron chi connectivity index (χ2n) is 11.5. The standard InChI is InChI=1S/C35H39N5O3S/c1-24-7-3-4-10-30(24)34(42)40-17-13-27-23-28(11-12-31(27)40)33-25(2)44-35(38-33)37-32(41)22-26-8-5-9-29(21-26)43-20-6-16-39-18-14-36-15-19-39/h3-5,7-12,21,23,36H,6,13-20,22H2,1-2H3,(H,37,38,41). The molecule has 3 aromatic carbocycles. The Morgan fingerprint density at radius 2 is 1.84 bits per heavy atom. The second-order valence-corrected chi connectivity index (χ2v) is 12.7. The molecule has 0 aliphatic carbocycles. The zero-order valence-electron chi connectivity index (χ0n) is 25.4. The van der Waals surface area contributed by atoms with Gasteiger partial charge in [0.1, 0.15) is 5.75 Å². The Morgan fingerprint density at radius 3 is 2.68 bits per heavy atom. The fourth-order valence-corrected chi connectivity index (χ4v) is 6.80. The van der Waals surface area contributed by atoms with Gasteiger partial charge in [0, 0.05) is 61.0 Å². The number of carbonyl (C=O) groups excluding carboxylic acids is 2. The number of aromatic nitrogens is 1. The van der Waals surface area contributed by atoms with Crippen LogP contribution in [0.25, 0.3) is 11.3 Å². The molecule has 9 heteroatoms. The van der Waals surface area contributed by atoms with E-state index in [1.54, 1.807) is 0 Å². The number of benzene rings is 3. The number of hydrogen-bond acceptors (Lipinski definition) is 7. The number of rotatable bonds is 10. The van der Waals surface area contributed by atoms with E-state index in [-0.39, 0.29) is 18.2 Å². The molecule has 228 valence electrons. The number of hydrogen-bond donors (Lipinski definition) is 2. The molecule has 0 atom stereocenters. The third-order valence-electron chi connectivity index (χ3n) is 8.27. The van der Waals surface area contributed by atoms with Crippen LogP contribution in [0.3, 0.4) is 0 Å². The Balaban J connectivity index is 1.05. The van der Waals surface area contributed by atoms with Crippen LogP contribution in [0.15, 0.2) is 66.7 Å². The van der Waals surface area contributed by atoms with Crippen molar-refractivity contribution in [3.05, 3.63) is 93.9 Å². The van der Waals surface area contributed by atoms with Crippen LogP contribution < -0.4 is 20.3 Å². The summed E-state index contributed by atoms with van der Waals surface area (Å²) in [5, 5.41) is 6.95. The number of nitrogens with one attached hydrogen (secondary N) is 2. The zero-order chi connectivity index (χ0) is 30.5. The van der Waals surface area contributed by atoms with E-state index in [9.17, 15) is 9.59 Å². The predicted molar refractivity (Wildman–Crippen MR) is 177 cm³/mol. The Morgan fingerprint density at radius 1 is 1.00 bits per heavy atom. The largest absolute Gasteiger partial charge is 0.494 e. The molecule has 0 unspecified atom stereocenters. The van der Waals surface area contributed by atoms with Gasteiger partial charge in [-0.1, -0.05) is 36.4 Å². The normalized spacial score (nSPS) is 14.8. The average molecular weight is 610 g/mol. The Kier molecular flexibility index (Phi) is 9.35. The maximum Gasteiger partial charge on any atom is 0.258 e. The molecule has 1 aromatic heterocycles. The van der Waals surface area contributed by atoms with Crippen LogP contribution in [-0.4, -0.2) is 67.6 Å². The highest BCUT2D eigenvalue weighted by Gasteiger charge is 2.27. The van der Waals surface area contributed by atoms with Gasteiger partial charge in [-0.25, -0.2) is 4.98 Å². The van der Waals surface area contributed by atoms with Gasteiger partial charge in [0.2, 0.25) is 5.91 Å². The van der Waals surface area contributed by atoms with E-state index in [1.165, 1.54) is 11.3 Å². The number of anilines is 2. The summed E-state index contributed by atoms with van der Waals surface area (Å²) in [6.07, 6.45) is 2.02. The van der Waals surface area contributed by atoms with Gasteiger partial charge >= 0.3 is 0 Å². The van der Waals surface area contributed by atoms with Gasteiger partial charge in [-0.3, -0.25) is 9.59 Å². The van der Waals surface area contributed by atoms with Gasteiger partial charge in [-0.2, -0.15) is 0 Å². The molecular formula is C35H39N5O3S. The summed E-state index contributed by atoms with van der Waals surface area (Å²) in [5.74, 6) is 0.714. The quantitative estimate of drug-likeness (QED) is 0.232. The fraction of sp³-hybridized carbons (Fsp3) is 0.343. The average Bonchev–Trinajstić information content (AvgIpc) is 3.62. The number of fused-ring (bicyclic) bond motifs is 1. The molecule has 0 bridgehead atoms. The van der Waals surface area contributed by atoms with Gasteiger partial charge in [0.15, 0.2) is 5.13 Å². The lowest BCUT2D eigenvalue weighted by atomic mass is 10.0. The van der Waals surface area contributed by atoms with Crippen LogP contribution in [0.1, 0.15) is 38.3 Å². The van der Waals surface area contributed by atoms with Gasteiger partial charge < -0.3 is 25.2 Å². The van der Waals surface area contributed by atoms with Crippen molar-refractivity contribution in [1.82, 2.24) is 15.2 Å². The minimum absolute atomic E-state index is 0.0346. The van der Waals surface area contributed by atoms with Crippen molar-refractivity contribution in [1.29, 1.82) is 0 Å². The van der Waals surface area contributed by atoms with Gasteiger partial charge in [-0.15, -0.1) is 11.3 Å². The van der Waals surface area contributed by atoms with E-state index < -0.39 is 0 Å². The monoisotopic (exact) mass is 609 g/mol. The molecule has 2 N–H and O–H groups in total. The first-order chi connectivity index (χ1) is 21.4. The fourth-order valence-electron chi connectivity index (χ4n) is 5.94. The summed E-state index contributed by atoms with van der Waals surface area (Å²) in [5.41, 5.74) is 6.55. The first-order valence-electron chi connectivity index (χ1n) is 15.4. The first kappa shape index (κ1) is 30.0. The number of aryl methyl sites for hydroxylation is 2. The molecule has 2 aliphatic heterocycles. The maximum absolute atomic E-state index is 13.3. The number of piperazine rings is 1. The third-order valence-corrected chi connectivity index (χ3v) is 9.16. The maximum atomic E-state index is 13.3. The lowest BCUT2D eigenvalue weighted by molar-refractivity contribution is -0.115. The highest BCUT2D eigenvalue weighted by molar-refractivity contribution is 7.16. The summed E-state index contributed by atoms with van der Waals surface area (Å²) in [4.78, 5) is 36.4. The zero-order valence-corrected chi connectivity index (χ0v) is 26.2. The minimum Gasteiger partial charge on any atom is -0.494 e. The van der Waals surface area contributed by atoms with E-state index in [2.05, 4.69) is 21.6 Å². The summed E-state index contributed by atoms with van der Waals surface area (Å²) in [6, 6.07) is 21.7. The molecule has 2 amide bonds. The minimum atomic E-state index is -0.111. The van der Waals surface area contributed by atoms with Crippen LogP contribution in [0.2, 0.25) is 0 Å². The molecule has 6 rings (SSSR count). The van der Waals surface area contributed by atoms with E-state index in [0.29, 0.717) is 18.3 Å². The molecule has 3 heterocycles. The highest BCUT2D eigenvalue weighted by Crippen LogP contribution is 2.36. The predicted octanol–water partition coefficient (Wildman–Crippen LogP) is 5.49. The van der Waals surface area contributed by atoms with Crippen molar-refractivity contribution >= 4 is 34.0 Å². The summed E-state index contributed by atoms with van der Waals surface area (Å²) in [6.45, 7) is 10.6. The topological polar surface area (TPSA) is 86.8 Å². The number of carbonyl (C=O) groups is 2. The van der Waals surface area contributed by atoms with Crippen molar-refractivity contribution in [2.45, 2.75) is 33.1 Å². The number of ether oxygens (including phenoxy) is 1. The molecule has 1 fully saturated rings. The van der Waals surface area contributed by atoms with Gasteiger partial charge in [0.05, 0.1) is 18.7 Å². The van der Waals surface area contributed by atoms with Crippen molar-refractivity contribution in [2.24, 2.45) is 0 Å². The van der Waals surface area contributed by atoms with E-state index in [4.69, 9.17) is 9.72 Å². The number of thiazole rings is 1. The second kappa shape index (κ2) is 13.7. The van der Waals surface area contributed by atoms with Crippen LogP contribution in [-0.2, 0) is 17.6 Å². The Labute approximate surface area is 263 Å². The number of amides is 2. The van der Waals surface area contributed by atoms with E-state index >= 15 is 0 Å². The van der Waals surface area contributed by atoms with Crippen LogP contribution in [0.4, 0.5) is 10.8 Å². The molecule has 0 radical (unpaired) electrons. The van der Waals surface area contributed by atoms with Gasteiger partial charge in [0.25, 0.3) is 5.91 Å². The van der Waals surface area contributed by atoms with Gasteiger partial charge in [-0.05, 0) is 73.7 Å². The highest BCUT2D eigenvalue weighted by atomic mass is 32.1. The smallest absolute Gasteiger partial charge is 0.258 e. The molecule has 44 heavy (non-hydrogen) atoms. The summed E-state index contributed by atoms with van der Waals surface area (Å²) < 4.78 is 5.98. The van der Waals surface area contributed by atoms with E-state index in [0.717, 1.165) is 95.4 Å². The molecule has 8 nitrogen and oxygen atoms in total. The van der Waals surface area contributed by atoms with Crippen molar-refractivity contribution in [2.75, 3.05) is 56.1 Å². The van der Waals surface area contributed by atoms with Crippen molar-refractivity contribution in [3.63, 3.8) is 0 Å².